The first-order chi connectivity index (χ1) is 13.3. The number of hydrogen-bond donors (Lipinski definition) is 3. The molecule has 0 radical (unpaired) electrons. The summed E-state index contributed by atoms with van der Waals surface area (Å²) in [6.45, 7) is 2.11. The van der Waals surface area contributed by atoms with E-state index in [-0.39, 0.29) is 18.1 Å². The third-order valence-corrected chi connectivity index (χ3v) is 5.58. The van der Waals surface area contributed by atoms with Crippen LogP contribution in [0, 0.1) is 5.92 Å². The zero-order chi connectivity index (χ0) is 20.7. The minimum Gasteiger partial charge on any atom is -0.480 e. The van der Waals surface area contributed by atoms with Crippen LogP contribution in [0.5, 0.6) is 0 Å². The van der Waals surface area contributed by atoms with E-state index >= 15 is 0 Å². The quantitative estimate of drug-likeness (QED) is 0.594. The molecule has 1 aliphatic rings. The number of amides is 3. The lowest BCUT2D eigenvalue weighted by atomic mass is 10.1. The Bertz CT molecular complexity index is 728. The molecule has 28 heavy (non-hydrogen) atoms. The SMILES string of the molecule is C[C@H](CSC(N)=O)C(=O)N1CCC[C@H]1C(=O)NC(Cc1ccccc1)C(=O)O. The molecule has 1 unspecified atom stereocenters. The van der Waals surface area contributed by atoms with Gasteiger partial charge in [0.05, 0.1) is 0 Å². The van der Waals surface area contributed by atoms with Gasteiger partial charge in [-0.1, -0.05) is 49.0 Å². The number of benzene rings is 1. The van der Waals surface area contributed by atoms with Crippen molar-refractivity contribution in [3.05, 3.63) is 35.9 Å². The lowest BCUT2D eigenvalue weighted by molar-refractivity contribution is -0.144. The number of primary amides is 1. The Hall–Kier alpha value is -2.55. The van der Waals surface area contributed by atoms with Gasteiger partial charge in [-0.15, -0.1) is 0 Å². The molecular formula is C19H25N3O5S. The van der Waals surface area contributed by atoms with E-state index < -0.39 is 35.1 Å². The first-order valence-corrected chi connectivity index (χ1v) is 10.1. The highest BCUT2D eigenvalue weighted by molar-refractivity contribution is 8.13. The number of carboxylic acids is 1. The molecule has 0 aromatic heterocycles. The predicted molar refractivity (Wildman–Crippen MR) is 106 cm³/mol. The van der Waals surface area contributed by atoms with Crippen LogP contribution < -0.4 is 11.1 Å². The number of hydrogen-bond acceptors (Lipinski definition) is 5. The van der Waals surface area contributed by atoms with Crippen LogP contribution in [-0.4, -0.2) is 57.4 Å². The first kappa shape index (κ1) is 21.7. The zero-order valence-corrected chi connectivity index (χ0v) is 16.5. The monoisotopic (exact) mass is 407 g/mol. The van der Waals surface area contributed by atoms with E-state index in [9.17, 15) is 24.3 Å². The summed E-state index contributed by atoms with van der Waals surface area (Å²) in [7, 11) is 0. The van der Waals surface area contributed by atoms with Crippen LogP contribution in [0.1, 0.15) is 25.3 Å². The molecule has 1 saturated heterocycles. The van der Waals surface area contributed by atoms with Gasteiger partial charge in [-0.2, -0.15) is 0 Å². The van der Waals surface area contributed by atoms with Crippen molar-refractivity contribution in [1.29, 1.82) is 0 Å². The fourth-order valence-corrected chi connectivity index (χ4v) is 3.74. The van der Waals surface area contributed by atoms with E-state index in [2.05, 4.69) is 5.32 Å². The number of nitrogens with one attached hydrogen (secondary N) is 1. The highest BCUT2D eigenvalue weighted by atomic mass is 32.2. The highest BCUT2D eigenvalue weighted by Gasteiger charge is 2.37. The van der Waals surface area contributed by atoms with Gasteiger partial charge in [-0.05, 0) is 18.4 Å². The highest BCUT2D eigenvalue weighted by Crippen LogP contribution is 2.22. The molecule has 0 bridgehead atoms. The molecule has 1 aromatic carbocycles. The Labute approximate surface area is 167 Å². The molecule has 4 N–H and O–H groups in total. The summed E-state index contributed by atoms with van der Waals surface area (Å²) in [5.41, 5.74) is 5.89. The van der Waals surface area contributed by atoms with E-state index in [1.165, 1.54) is 4.90 Å². The van der Waals surface area contributed by atoms with Crippen LogP contribution in [0.15, 0.2) is 30.3 Å². The number of carbonyl (C=O) groups excluding carboxylic acids is 3. The Morgan fingerprint density at radius 2 is 1.96 bits per heavy atom. The Kier molecular flexibility index (Phi) is 7.86. The van der Waals surface area contributed by atoms with Crippen LogP contribution >= 0.6 is 11.8 Å². The fourth-order valence-electron chi connectivity index (χ4n) is 3.18. The minimum atomic E-state index is -1.13. The maximum atomic E-state index is 12.7. The van der Waals surface area contributed by atoms with Gasteiger partial charge in [0.25, 0.3) is 5.24 Å². The average Bonchev–Trinajstić information content (AvgIpc) is 3.15. The maximum absolute atomic E-state index is 12.7. The number of nitrogens with two attached hydrogens (primary N) is 1. The molecule has 1 aromatic rings. The fraction of sp³-hybridized carbons (Fsp3) is 0.474. The second kappa shape index (κ2) is 10.1. The molecule has 2 rings (SSSR count). The van der Waals surface area contributed by atoms with Crippen LogP contribution in [0.25, 0.3) is 0 Å². The molecular weight excluding hydrogens is 382 g/mol. The first-order valence-electron chi connectivity index (χ1n) is 9.09. The largest absolute Gasteiger partial charge is 0.480 e. The van der Waals surface area contributed by atoms with Gasteiger partial charge in [0.1, 0.15) is 12.1 Å². The van der Waals surface area contributed by atoms with E-state index in [1.807, 2.05) is 6.07 Å². The Morgan fingerprint density at radius 1 is 1.29 bits per heavy atom. The van der Waals surface area contributed by atoms with Gasteiger partial charge in [0.15, 0.2) is 0 Å². The van der Waals surface area contributed by atoms with Crippen LogP contribution in [0.3, 0.4) is 0 Å². The number of nitrogens with zero attached hydrogens (tertiary/aromatic N) is 1. The van der Waals surface area contributed by atoms with Crippen LogP contribution in [0.2, 0.25) is 0 Å². The van der Waals surface area contributed by atoms with Crippen molar-refractivity contribution >= 4 is 34.8 Å². The van der Waals surface area contributed by atoms with Gasteiger partial charge in [-0.3, -0.25) is 14.4 Å². The van der Waals surface area contributed by atoms with Crippen molar-refractivity contribution in [3.63, 3.8) is 0 Å². The number of likely N-dealkylation sites (tertiary alicyclic amines) is 1. The lowest BCUT2D eigenvalue weighted by Gasteiger charge is -2.27. The lowest BCUT2D eigenvalue weighted by Crippen LogP contribution is -2.52. The van der Waals surface area contributed by atoms with Crippen molar-refractivity contribution in [1.82, 2.24) is 10.2 Å². The topological polar surface area (TPSA) is 130 Å². The van der Waals surface area contributed by atoms with Gasteiger partial charge >= 0.3 is 5.97 Å². The molecule has 1 aliphatic heterocycles. The molecule has 0 saturated carbocycles. The summed E-state index contributed by atoms with van der Waals surface area (Å²) in [6, 6.07) is 7.26. The minimum absolute atomic E-state index is 0.161. The smallest absolute Gasteiger partial charge is 0.326 e. The second-order valence-electron chi connectivity index (χ2n) is 6.81. The predicted octanol–water partition coefficient (Wildman–Crippen LogP) is 1.24. The van der Waals surface area contributed by atoms with Crippen molar-refractivity contribution in [2.45, 2.75) is 38.3 Å². The number of carboxylic acid groups (broad SMARTS) is 1. The molecule has 8 nitrogen and oxygen atoms in total. The van der Waals surface area contributed by atoms with Crippen molar-refractivity contribution in [3.8, 4) is 0 Å². The van der Waals surface area contributed by atoms with Crippen LogP contribution in [0.4, 0.5) is 4.79 Å². The normalized spacial score (nSPS) is 18.3. The summed E-state index contributed by atoms with van der Waals surface area (Å²) in [6.07, 6.45) is 1.30. The summed E-state index contributed by atoms with van der Waals surface area (Å²) >= 11 is 0.865. The molecule has 3 atom stereocenters. The molecule has 1 fully saturated rings. The van der Waals surface area contributed by atoms with Gasteiger partial charge < -0.3 is 21.1 Å². The van der Waals surface area contributed by atoms with E-state index in [0.29, 0.717) is 19.4 Å². The molecule has 3 amide bonds. The van der Waals surface area contributed by atoms with E-state index in [0.717, 1.165) is 17.3 Å². The second-order valence-corrected chi connectivity index (χ2v) is 7.83. The molecule has 0 spiro atoms. The van der Waals surface area contributed by atoms with Gasteiger partial charge in [0.2, 0.25) is 11.8 Å². The summed E-state index contributed by atoms with van der Waals surface area (Å²) in [4.78, 5) is 49.3. The third-order valence-electron chi connectivity index (χ3n) is 4.63. The number of carbonyl (C=O) groups is 4. The standard InChI is InChI=1S/C19H25N3O5S/c1-12(11-28-19(20)27)17(24)22-9-5-8-15(22)16(23)21-14(18(25)26)10-13-6-3-2-4-7-13/h2-4,6-7,12,14-15H,5,8-11H2,1H3,(H2,20,27)(H,21,23)(H,25,26)/t12-,14?,15+/m1/s1. The van der Waals surface area contributed by atoms with E-state index in [4.69, 9.17) is 5.73 Å². The molecule has 0 aliphatic carbocycles. The van der Waals surface area contributed by atoms with E-state index in [1.54, 1.807) is 31.2 Å². The van der Waals surface area contributed by atoms with Gasteiger partial charge in [-0.25, -0.2) is 4.79 Å². The number of thioether (sulfide) groups is 1. The summed E-state index contributed by atoms with van der Waals surface area (Å²) < 4.78 is 0. The third kappa shape index (κ3) is 5.98. The molecule has 9 heteroatoms. The Balaban J connectivity index is 2.01. The summed E-state index contributed by atoms with van der Waals surface area (Å²) in [5, 5.41) is 11.5. The average molecular weight is 407 g/mol. The molecule has 1 heterocycles. The maximum Gasteiger partial charge on any atom is 0.326 e. The number of aliphatic carboxylic acids is 1. The zero-order valence-electron chi connectivity index (χ0n) is 15.7. The van der Waals surface area contributed by atoms with Crippen LogP contribution in [-0.2, 0) is 20.8 Å². The van der Waals surface area contributed by atoms with Crippen molar-refractivity contribution in [2.24, 2.45) is 11.7 Å². The number of rotatable bonds is 8. The molecule has 152 valence electrons. The Morgan fingerprint density at radius 3 is 2.57 bits per heavy atom. The van der Waals surface area contributed by atoms with Gasteiger partial charge in [0, 0.05) is 24.6 Å². The van der Waals surface area contributed by atoms with Crippen molar-refractivity contribution < 1.29 is 24.3 Å². The summed E-state index contributed by atoms with van der Waals surface area (Å²) in [5.74, 6) is -2.06. The van der Waals surface area contributed by atoms with Crippen molar-refractivity contribution in [2.75, 3.05) is 12.3 Å².